The molecule has 10 heteroatoms. The summed E-state index contributed by atoms with van der Waals surface area (Å²) in [5.41, 5.74) is 8.54. The van der Waals surface area contributed by atoms with Crippen molar-refractivity contribution < 1.29 is 8.42 Å². The fourth-order valence-electron chi connectivity index (χ4n) is 2.84. The average Bonchev–Trinajstić information content (AvgIpc) is 3.03. The molecule has 1 aliphatic rings. The Bertz CT molecular complexity index is 1040. The van der Waals surface area contributed by atoms with E-state index >= 15 is 0 Å². The highest BCUT2D eigenvalue weighted by atomic mass is 79.9. The second kappa shape index (κ2) is 5.95. The van der Waals surface area contributed by atoms with Gasteiger partial charge in [0.2, 0.25) is 0 Å². The summed E-state index contributed by atoms with van der Waals surface area (Å²) >= 11 is 3.48. The third-order valence-corrected chi connectivity index (χ3v) is 6.59. The topological polar surface area (TPSA) is 106 Å². The van der Waals surface area contributed by atoms with E-state index in [4.69, 9.17) is 10.7 Å². The van der Waals surface area contributed by atoms with E-state index in [2.05, 4.69) is 26.0 Å². The SMILES string of the molecule is Nc1c(Br)c(N2CCS(=O)(=O)CC2)nc2c(-c3cccnc3)cnn12. The van der Waals surface area contributed by atoms with Crippen LogP contribution in [-0.4, -0.2) is 52.6 Å². The predicted octanol–water partition coefficient (Wildman–Crippen LogP) is 1.37. The molecular formula is C15H15BrN6O2S. The van der Waals surface area contributed by atoms with Gasteiger partial charge in [0.25, 0.3) is 0 Å². The van der Waals surface area contributed by atoms with Crippen LogP contribution < -0.4 is 10.6 Å². The van der Waals surface area contributed by atoms with Gasteiger partial charge < -0.3 is 10.6 Å². The van der Waals surface area contributed by atoms with Gasteiger partial charge >= 0.3 is 0 Å². The molecule has 2 N–H and O–H groups in total. The lowest BCUT2D eigenvalue weighted by molar-refractivity contribution is 0.586. The molecule has 130 valence electrons. The Balaban J connectivity index is 1.84. The van der Waals surface area contributed by atoms with Crippen molar-refractivity contribution >= 4 is 43.1 Å². The molecule has 25 heavy (non-hydrogen) atoms. The van der Waals surface area contributed by atoms with Crippen LogP contribution in [0.15, 0.2) is 35.2 Å². The molecule has 3 aromatic rings. The smallest absolute Gasteiger partial charge is 0.167 e. The van der Waals surface area contributed by atoms with Crippen molar-refractivity contribution in [1.29, 1.82) is 0 Å². The van der Waals surface area contributed by atoms with Crippen molar-refractivity contribution in [3.8, 4) is 11.1 Å². The molecule has 3 aromatic heterocycles. The number of nitrogens with zero attached hydrogens (tertiary/aromatic N) is 5. The molecule has 0 spiro atoms. The minimum absolute atomic E-state index is 0.112. The van der Waals surface area contributed by atoms with Crippen molar-refractivity contribution in [3.05, 3.63) is 35.2 Å². The number of hydrogen-bond donors (Lipinski definition) is 1. The fraction of sp³-hybridized carbons (Fsp3) is 0.267. The number of pyridine rings is 1. The summed E-state index contributed by atoms with van der Waals surface area (Å²) in [6.45, 7) is 0.778. The van der Waals surface area contributed by atoms with Crippen LogP contribution in [-0.2, 0) is 9.84 Å². The van der Waals surface area contributed by atoms with Crippen LogP contribution in [0.2, 0.25) is 0 Å². The van der Waals surface area contributed by atoms with Crippen LogP contribution in [0, 0.1) is 0 Å². The number of sulfone groups is 1. The van der Waals surface area contributed by atoms with Gasteiger partial charge in [-0.25, -0.2) is 13.4 Å². The molecule has 0 bridgehead atoms. The summed E-state index contributed by atoms with van der Waals surface area (Å²) in [6, 6.07) is 3.77. The highest BCUT2D eigenvalue weighted by Gasteiger charge is 2.26. The monoisotopic (exact) mass is 422 g/mol. The van der Waals surface area contributed by atoms with Gasteiger partial charge in [-0.1, -0.05) is 6.07 Å². The number of halogens is 1. The van der Waals surface area contributed by atoms with Crippen molar-refractivity contribution in [2.75, 3.05) is 35.2 Å². The lowest BCUT2D eigenvalue weighted by Crippen LogP contribution is -2.41. The van der Waals surface area contributed by atoms with Crippen LogP contribution in [0.4, 0.5) is 11.6 Å². The van der Waals surface area contributed by atoms with Gasteiger partial charge in [0.15, 0.2) is 15.5 Å². The Morgan fingerprint density at radius 2 is 1.96 bits per heavy atom. The lowest BCUT2D eigenvalue weighted by atomic mass is 10.1. The third-order valence-electron chi connectivity index (χ3n) is 4.22. The Kier molecular flexibility index (Phi) is 3.88. The van der Waals surface area contributed by atoms with Crippen molar-refractivity contribution in [2.45, 2.75) is 0 Å². The van der Waals surface area contributed by atoms with Crippen molar-refractivity contribution in [3.63, 3.8) is 0 Å². The molecule has 1 fully saturated rings. The van der Waals surface area contributed by atoms with Gasteiger partial charge in [-0.15, -0.1) is 0 Å². The predicted molar refractivity (Wildman–Crippen MR) is 99.2 cm³/mol. The molecule has 1 aliphatic heterocycles. The second-order valence-corrected chi connectivity index (χ2v) is 8.91. The Morgan fingerprint density at radius 1 is 1.20 bits per heavy atom. The molecule has 0 aromatic carbocycles. The van der Waals surface area contributed by atoms with Crippen LogP contribution in [0.25, 0.3) is 16.8 Å². The molecule has 4 heterocycles. The van der Waals surface area contributed by atoms with Crippen LogP contribution >= 0.6 is 15.9 Å². The van der Waals surface area contributed by atoms with Crippen molar-refractivity contribution in [2.24, 2.45) is 0 Å². The summed E-state index contributed by atoms with van der Waals surface area (Å²) in [5, 5.41) is 4.32. The van der Waals surface area contributed by atoms with E-state index in [-0.39, 0.29) is 11.5 Å². The van der Waals surface area contributed by atoms with Crippen molar-refractivity contribution in [1.82, 2.24) is 19.6 Å². The maximum absolute atomic E-state index is 11.7. The molecule has 8 nitrogen and oxygen atoms in total. The van der Waals surface area contributed by atoms with Crippen LogP contribution in [0.5, 0.6) is 0 Å². The third kappa shape index (κ3) is 2.85. The zero-order chi connectivity index (χ0) is 17.6. The molecule has 0 atom stereocenters. The molecule has 1 saturated heterocycles. The first-order valence-electron chi connectivity index (χ1n) is 7.65. The Labute approximate surface area is 152 Å². The first kappa shape index (κ1) is 16.3. The summed E-state index contributed by atoms with van der Waals surface area (Å²) in [7, 11) is -2.97. The normalized spacial score (nSPS) is 17.1. The molecule has 0 radical (unpaired) electrons. The number of hydrogen-bond acceptors (Lipinski definition) is 7. The van der Waals surface area contributed by atoms with E-state index in [0.717, 1.165) is 11.1 Å². The highest BCUT2D eigenvalue weighted by Crippen LogP contribution is 2.34. The molecule has 0 unspecified atom stereocenters. The zero-order valence-corrected chi connectivity index (χ0v) is 15.5. The number of rotatable bonds is 2. The van der Waals surface area contributed by atoms with Gasteiger partial charge in [-0.2, -0.15) is 9.61 Å². The minimum Gasteiger partial charge on any atom is -0.383 e. The second-order valence-electron chi connectivity index (χ2n) is 5.81. The molecule has 0 amide bonds. The molecule has 0 aliphatic carbocycles. The number of anilines is 2. The van der Waals surface area contributed by atoms with Gasteiger partial charge in [0.05, 0.1) is 17.7 Å². The Morgan fingerprint density at radius 3 is 2.64 bits per heavy atom. The van der Waals surface area contributed by atoms with Gasteiger partial charge in [-0.3, -0.25) is 4.98 Å². The summed E-state index contributed by atoms with van der Waals surface area (Å²) in [6.07, 6.45) is 5.14. The molecule has 4 rings (SSSR count). The fourth-order valence-corrected chi connectivity index (χ4v) is 4.55. The first-order valence-corrected chi connectivity index (χ1v) is 10.3. The number of nitrogens with two attached hydrogens (primary N) is 1. The van der Waals surface area contributed by atoms with E-state index in [9.17, 15) is 8.42 Å². The number of fused-ring (bicyclic) bond motifs is 1. The lowest BCUT2D eigenvalue weighted by Gasteiger charge is -2.28. The summed E-state index contributed by atoms with van der Waals surface area (Å²) < 4.78 is 25.5. The van der Waals surface area contributed by atoms with E-state index < -0.39 is 9.84 Å². The highest BCUT2D eigenvalue weighted by molar-refractivity contribution is 9.10. The van der Waals surface area contributed by atoms with E-state index in [0.29, 0.717) is 34.8 Å². The average molecular weight is 423 g/mol. The van der Waals surface area contributed by atoms with E-state index in [1.165, 1.54) is 0 Å². The van der Waals surface area contributed by atoms with Crippen LogP contribution in [0.1, 0.15) is 0 Å². The molecular weight excluding hydrogens is 408 g/mol. The minimum atomic E-state index is -2.97. The van der Waals surface area contributed by atoms with Crippen LogP contribution in [0.3, 0.4) is 0 Å². The summed E-state index contributed by atoms with van der Waals surface area (Å²) in [4.78, 5) is 10.8. The van der Waals surface area contributed by atoms with E-state index in [1.807, 2.05) is 17.0 Å². The quantitative estimate of drug-likeness (QED) is 0.664. The summed E-state index contributed by atoms with van der Waals surface area (Å²) in [5.74, 6) is 1.27. The van der Waals surface area contributed by atoms with Gasteiger partial charge in [0.1, 0.15) is 16.1 Å². The standard InChI is InChI=1S/C15H15BrN6O2S/c16-12-13(17)22-14(11(9-19-22)10-2-1-3-18-8-10)20-15(12)21-4-6-25(23,24)7-5-21/h1-3,8-9H,4-7,17H2. The zero-order valence-electron chi connectivity index (χ0n) is 13.1. The van der Waals surface area contributed by atoms with Gasteiger partial charge in [-0.05, 0) is 22.0 Å². The van der Waals surface area contributed by atoms with E-state index in [1.54, 1.807) is 23.1 Å². The Hall–Kier alpha value is -2.20. The number of nitrogen functional groups attached to an aromatic ring is 1. The van der Waals surface area contributed by atoms with Gasteiger partial charge in [0, 0.05) is 36.6 Å². The first-order chi connectivity index (χ1) is 12.0. The largest absolute Gasteiger partial charge is 0.383 e. The maximum Gasteiger partial charge on any atom is 0.167 e. The molecule has 0 saturated carbocycles. The number of aromatic nitrogens is 4. The maximum atomic E-state index is 11.7.